The van der Waals surface area contributed by atoms with Crippen LogP contribution >= 0.6 is 0 Å². The number of hydrogen-bond donors (Lipinski definition) is 2. The molecule has 0 radical (unpaired) electrons. The lowest BCUT2D eigenvalue weighted by atomic mass is 10.1. The second kappa shape index (κ2) is 6.84. The summed E-state index contributed by atoms with van der Waals surface area (Å²) in [6.07, 6.45) is 1.14. The smallest absolute Gasteiger partial charge is 0.249 e. The fourth-order valence-electron chi connectivity index (χ4n) is 2.13. The molecule has 1 atom stereocenters. The summed E-state index contributed by atoms with van der Waals surface area (Å²) < 4.78 is 5.39. The molecule has 0 aliphatic carbocycles. The number of hydrogen-bond acceptors (Lipinski definition) is 5. The van der Waals surface area contributed by atoms with Gasteiger partial charge in [-0.1, -0.05) is 12.1 Å². The maximum atomic E-state index is 10.8. The van der Waals surface area contributed by atoms with Gasteiger partial charge in [0.2, 0.25) is 18.2 Å². The number of nitrogens with zero attached hydrogens (tertiary/aromatic N) is 1. The zero-order chi connectivity index (χ0) is 16.1. The Hall–Kier alpha value is -2.70. The first kappa shape index (κ1) is 15.7. The van der Waals surface area contributed by atoms with Crippen molar-refractivity contribution in [2.45, 2.75) is 32.7 Å². The molecule has 0 bridgehead atoms. The number of para-hydroxylation sites is 1. The van der Waals surface area contributed by atoms with Crippen LogP contribution in [0.5, 0.6) is 0 Å². The molecule has 1 aromatic heterocycles. The van der Waals surface area contributed by atoms with Gasteiger partial charge in [0.05, 0.1) is 0 Å². The number of amides is 3. The number of oxazole rings is 1. The van der Waals surface area contributed by atoms with Crippen LogP contribution < -0.4 is 10.6 Å². The molecular formula is C15H17N3O4. The molecule has 3 rings (SSSR count). The monoisotopic (exact) mass is 303 g/mol. The van der Waals surface area contributed by atoms with Crippen LogP contribution in [0.1, 0.15) is 24.3 Å². The van der Waals surface area contributed by atoms with E-state index in [1.54, 1.807) is 0 Å². The summed E-state index contributed by atoms with van der Waals surface area (Å²) in [6, 6.07) is 5.43. The van der Waals surface area contributed by atoms with Gasteiger partial charge < -0.3 is 9.73 Å². The number of nitrogens with one attached hydrogen (secondary N) is 2. The van der Waals surface area contributed by atoms with E-state index in [-0.39, 0.29) is 12.3 Å². The first-order valence-electron chi connectivity index (χ1n) is 6.87. The number of fused-ring (bicyclic) bond motifs is 1. The van der Waals surface area contributed by atoms with Crippen molar-refractivity contribution in [1.29, 1.82) is 0 Å². The van der Waals surface area contributed by atoms with Crippen LogP contribution in [0.15, 0.2) is 22.6 Å². The van der Waals surface area contributed by atoms with Crippen molar-refractivity contribution in [1.82, 2.24) is 15.6 Å². The van der Waals surface area contributed by atoms with Gasteiger partial charge in [-0.25, -0.2) is 4.98 Å². The molecule has 2 aromatic rings. The highest BCUT2D eigenvalue weighted by molar-refractivity contribution is 6.00. The third kappa shape index (κ3) is 3.69. The maximum absolute atomic E-state index is 10.8. The van der Waals surface area contributed by atoms with E-state index < -0.39 is 11.9 Å². The first-order valence-corrected chi connectivity index (χ1v) is 6.87. The van der Waals surface area contributed by atoms with Crippen molar-refractivity contribution in [2.24, 2.45) is 0 Å². The molecular weight excluding hydrogens is 286 g/mol. The summed E-state index contributed by atoms with van der Waals surface area (Å²) in [7, 11) is 0. The van der Waals surface area contributed by atoms with Crippen LogP contribution in [-0.2, 0) is 14.4 Å². The Bertz CT molecular complexity index is 708. The van der Waals surface area contributed by atoms with Crippen molar-refractivity contribution in [2.75, 3.05) is 0 Å². The molecule has 1 aliphatic rings. The highest BCUT2D eigenvalue weighted by Crippen LogP contribution is 2.18. The van der Waals surface area contributed by atoms with Gasteiger partial charge in [0.25, 0.3) is 0 Å². The van der Waals surface area contributed by atoms with Gasteiger partial charge in [-0.15, -0.1) is 0 Å². The molecule has 7 heteroatoms. The van der Waals surface area contributed by atoms with E-state index in [1.165, 1.54) is 0 Å². The molecule has 22 heavy (non-hydrogen) atoms. The number of aromatic nitrogens is 1. The average Bonchev–Trinajstić information content (AvgIpc) is 2.85. The Morgan fingerprint density at radius 1 is 1.36 bits per heavy atom. The van der Waals surface area contributed by atoms with Crippen LogP contribution in [-0.4, -0.2) is 29.3 Å². The largest absolute Gasteiger partial charge is 0.441 e. The summed E-state index contributed by atoms with van der Waals surface area (Å²) in [5.41, 5.74) is 3.00. The zero-order valence-electron chi connectivity index (χ0n) is 12.4. The predicted octanol–water partition coefficient (Wildman–Crippen LogP) is 0.982. The quantitative estimate of drug-likeness (QED) is 0.636. The van der Waals surface area contributed by atoms with E-state index in [4.69, 9.17) is 4.42 Å². The van der Waals surface area contributed by atoms with E-state index in [0.29, 0.717) is 12.8 Å². The molecule has 1 saturated heterocycles. The highest BCUT2D eigenvalue weighted by Gasteiger charge is 2.25. The van der Waals surface area contributed by atoms with Gasteiger partial charge in [0, 0.05) is 13.3 Å². The van der Waals surface area contributed by atoms with Crippen LogP contribution in [0.2, 0.25) is 0 Å². The fraction of sp³-hybridized carbons (Fsp3) is 0.333. The van der Waals surface area contributed by atoms with Gasteiger partial charge in [0.15, 0.2) is 11.5 Å². The third-order valence-electron chi connectivity index (χ3n) is 3.23. The van der Waals surface area contributed by atoms with Gasteiger partial charge in [0.1, 0.15) is 11.6 Å². The van der Waals surface area contributed by atoms with Gasteiger partial charge >= 0.3 is 0 Å². The molecule has 1 unspecified atom stereocenters. The van der Waals surface area contributed by atoms with E-state index in [0.717, 1.165) is 22.6 Å². The number of piperidine rings is 1. The second-order valence-electron chi connectivity index (χ2n) is 4.94. The van der Waals surface area contributed by atoms with Crippen molar-refractivity contribution in [3.05, 3.63) is 29.7 Å². The zero-order valence-corrected chi connectivity index (χ0v) is 12.4. The highest BCUT2D eigenvalue weighted by atomic mass is 16.3. The lowest BCUT2D eigenvalue weighted by molar-refractivity contribution is -0.135. The van der Waals surface area contributed by atoms with E-state index in [2.05, 4.69) is 15.6 Å². The van der Waals surface area contributed by atoms with E-state index in [9.17, 15) is 14.4 Å². The van der Waals surface area contributed by atoms with Gasteiger partial charge in [-0.3, -0.25) is 19.7 Å². The van der Waals surface area contributed by atoms with Crippen molar-refractivity contribution < 1.29 is 18.8 Å². The molecule has 1 fully saturated rings. The summed E-state index contributed by atoms with van der Waals surface area (Å²) in [4.78, 5) is 35.5. The average molecular weight is 303 g/mol. The Morgan fingerprint density at radius 3 is 2.77 bits per heavy atom. The number of aryl methyl sites for hydroxylation is 2. The number of carbonyl (C=O) groups is 3. The summed E-state index contributed by atoms with van der Waals surface area (Å²) in [5.74, 6) is 0.0293. The third-order valence-corrected chi connectivity index (χ3v) is 3.23. The predicted molar refractivity (Wildman–Crippen MR) is 78.9 cm³/mol. The van der Waals surface area contributed by atoms with Crippen LogP contribution in [0.4, 0.5) is 0 Å². The maximum Gasteiger partial charge on any atom is 0.249 e. The lowest BCUT2D eigenvalue weighted by Crippen LogP contribution is -2.50. The molecule has 116 valence electrons. The topological polar surface area (TPSA) is 101 Å². The molecule has 7 nitrogen and oxygen atoms in total. The van der Waals surface area contributed by atoms with Gasteiger partial charge in [-0.05, 0) is 25.0 Å². The van der Waals surface area contributed by atoms with Crippen molar-refractivity contribution in [3.8, 4) is 0 Å². The molecule has 0 saturated carbocycles. The van der Waals surface area contributed by atoms with Gasteiger partial charge in [-0.2, -0.15) is 0 Å². The molecule has 1 aromatic carbocycles. The normalized spacial score (nSPS) is 17.5. The minimum absolute atomic E-state index is 0.279. The molecule has 0 spiro atoms. The van der Waals surface area contributed by atoms with Crippen molar-refractivity contribution in [3.63, 3.8) is 0 Å². The number of benzene rings is 1. The lowest BCUT2D eigenvalue weighted by Gasteiger charge is -2.19. The molecule has 3 amide bonds. The summed E-state index contributed by atoms with van der Waals surface area (Å²) in [6.45, 7) is 3.88. The van der Waals surface area contributed by atoms with Crippen LogP contribution in [0, 0.1) is 13.8 Å². The number of carbonyl (C=O) groups excluding carboxylic acids is 3. The summed E-state index contributed by atoms with van der Waals surface area (Å²) in [5, 5.41) is 4.42. The first-order chi connectivity index (χ1) is 10.5. The standard InChI is InChI=1S/C9H9NO.C6H8N2O3/c1-6-4-3-5-8-9(6)11-7(2)10-8;9-3-7-4-1-2-5(10)8-6(4)11/h3-5H,1-2H3;3-4H,1-2H2,(H,7,9)(H,8,10,11). The second-order valence-corrected chi connectivity index (χ2v) is 4.94. The van der Waals surface area contributed by atoms with Crippen molar-refractivity contribution >= 4 is 29.3 Å². The molecule has 2 N–H and O–H groups in total. The molecule has 1 aliphatic heterocycles. The minimum atomic E-state index is -0.537. The molecule has 2 heterocycles. The fourth-order valence-corrected chi connectivity index (χ4v) is 2.13. The Kier molecular flexibility index (Phi) is 4.88. The minimum Gasteiger partial charge on any atom is -0.441 e. The van der Waals surface area contributed by atoms with Crippen LogP contribution in [0.25, 0.3) is 11.1 Å². The Labute approximate surface area is 127 Å². The van der Waals surface area contributed by atoms with E-state index in [1.807, 2.05) is 32.0 Å². The van der Waals surface area contributed by atoms with E-state index >= 15 is 0 Å². The number of rotatable bonds is 2. The SMILES string of the molecule is Cc1nc2cccc(C)c2o1.O=CNC1CCC(=O)NC1=O. The Balaban J connectivity index is 0.000000160. The summed E-state index contributed by atoms with van der Waals surface area (Å²) >= 11 is 0. The van der Waals surface area contributed by atoms with Crippen LogP contribution in [0.3, 0.4) is 0 Å². The number of imide groups is 1. The Morgan fingerprint density at radius 2 is 2.14 bits per heavy atom.